The van der Waals surface area contributed by atoms with Gasteiger partial charge in [-0.3, -0.25) is 4.72 Å². The van der Waals surface area contributed by atoms with Gasteiger partial charge < -0.3 is 0 Å². The molecule has 2 aromatic rings. The predicted octanol–water partition coefficient (Wildman–Crippen LogP) is 1.97. The van der Waals surface area contributed by atoms with Crippen molar-refractivity contribution in [3.05, 3.63) is 29.6 Å². The Morgan fingerprint density at radius 1 is 1.29 bits per heavy atom. The normalized spacial score (nSPS) is 11.4. The highest BCUT2D eigenvalue weighted by Crippen LogP contribution is 2.20. The molecule has 1 heterocycles. The van der Waals surface area contributed by atoms with E-state index in [0.29, 0.717) is 5.69 Å². The average Bonchev–Trinajstić information content (AvgIpc) is 2.83. The lowest BCUT2D eigenvalue weighted by atomic mass is 10.2. The molecular formula is C10H11N3O2S2. The minimum atomic E-state index is -3.22. The van der Waals surface area contributed by atoms with Gasteiger partial charge in [0.25, 0.3) is 0 Å². The van der Waals surface area contributed by atoms with Gasteiger partial charge in [0.05, 0.1) is 5.75 Å². The third-order valence-electron chi connectivity index (χ3n) is 2.19. The van der Waals surface area contributed by atoms with Crippen LogP contribution in [0, 0.1) is 0 Å². The van der Waals surface area contributed by atoms with Gasteiger partial charge in [-0.05, 0) is 30.6 Å². The monoisotopic (exact) mass is 269 g/mol. The summed E-state index contributed by atoms with van der Waals surface area (Å²) in [4.78, 5) is 0. The van der Waals surface area contributed by atoms with Gasteiger partial charge >= 0.3 is 0 Å². The Balaban J connectivity index is 2.19. The molecule has 17 heavy (non-hydrogen) atoms. The van der Waals surface area contributed by atoms with Gasteiger partial charge in [-0.25, -0.2) is 8.42 Å². The topological polar surface area (TPSA) is 72.0 Å². The zero-order valence-electron chi connectivity index (χ0n) is 9.12. The highest BCUT2D eigenvalue weighted by Gasteiger charge is 2.07. The molecule has 90 valence electrons. The Hall–Kier alpha value is -1.47. The highest BCUT2D eigenvalue weighted by atomic mass is 32.2. The van der Waals surface area contributed by atoms with Crippen molar-refractivity contribution in [1.29, 1.82) is 0 Å². The molecule has 0 saturated carbocycles. The quantitative estimate of drug-likeness (QED) is 0.921. The van der Waals surface area contributed by atoms with Crippen LogP contribution in [0.3, 0.4) is 0 Å². The number of benzene rings is 1. The minimum absolute atomic E-state index is 0.0603. The molecule has 7 heteroatoms. The first-order valence-corrected chi connectivity index (χ1v) is 7.47. The van der Waals surface area contributed by atoms with Crippen molar-refractivity contribution in [3.8, 4) is 11.3 Å². The number of rotatable bonds is 4. The van der Waals surface area contributed by atoms with Crippen LogP contribution < -0.4 is 4.72 Å². The van der Waals surface area contributed by atoms with Gasteiger partial charge in [0.1, 0.15) is 5.69 Å². The van der Waals surface area contributed by atoms with Crippen LogP contribution in [-0.2, 0) is 10.0 Å². The minimum Gasteiger partial charge on any atom is -0.284 e. The van der Waals surface area contributed by atoms with Crippen molar-refractivity contribution >= 4 is 27.2 Å². The standard InChI is InChI=1S/C10H11N3O2S2/c1-2-17(14,15)12-9-5-3-8(4-6-9)10-7-16-13-11-10/h3-7,12H,2H2,1H3. The van der Waals surface area contributed by atoms with E-state index in [1.807, 2.05) is 17.5 Å². The van der Waals surface area contributed by atoms with Gasteiger partial charge in [-0.15, -0.1) is 5.10 Å². The van der Waals surface area contributed by atoms with Crippen molar-refractivity contribution in [2.45, 2.75) is 6.92 Å². The first-order valence-electron chi connectivity index (χ1n) is 4.99. The highest BCUT2D eigenvalue weighted by molar-refractivity contribution is 7.92. The molecule has 0 amide bonds. The number of aromatic nitrogens is 2. The van der Waals surface area contributed by atoms with Crippen molar-refractivity contribution in [2.75, 3.05) is 10.5 Å². The van der Waals surface area contributed by atoms with E-state index in [0.717, 1.165) is 11.3 Å². The van der Waals surface area contributed by atoms with Crippen LogP contribution in [-0.4, -0.2) is 23.8 Å². The molecular weight excluding hydrogens is 258 g/mol. The predicted molar refractivity (Wildman–Crippen MR) is 68.4 cm³/mol. The summed E-state index contributed by atoms with van der Waals surface area (Å²) in [5, 5.41) is 5.78. The van der Waals surface area contributed by atoms with Gasteiger partial charge in [-0.1, -0.05) is 16.6 Å². The first-order chi connectivity index (χ1) is 8.11. The Morgan fingerprint density at radius 2 is 2.00 bits per heavy atom. The molecule has 1 aromatic carbocycles. The lowest BCUT2D eigenvalue weighted by Crippen LogP contribution is -2.14. The van der Waals surface area contributed by atoms with Crippen LogP contribution in [0.5, 0.6) is 0 Å². The molecule has 0 aliphatic carbocycles. The Bertz CT molecular complexity index is 577. The second kappa shape index (κ2) is 4.80. The van der Waals surface area contributed by atoms with Gasteiger partial charge in [-0.2, -0.15) is 0 Å². The summed E-state index contributed by atoms with van der Waals surface area (Å²) in [5.41, 5.74) is 2.26. The van der Waals surface area contributed by atoms with Crippen molar-refractivity contribution in [1.82, 2.24) is 9.59 Å². The molecule has 0 fully saturated rings. The molecule has 0 aliphatic heterocycles. The number of nitrogens with one attached hydrogen (secondary N) is 1. The van der Waals surface area contributed by atoms with Crippen LogP contribution in [0.25, 0.3) is 11.3 Å². The van der Waals surface area contributed by atoms with E-state index in [-0.39, 0.29) is 5.75 Å². The fourth-order valence-corrected chi connectivity index (χ4v) is 2.36. The van der Waals surface area contributed by atoms with E-state index in [9.17, 15) is 8.42 Å². The third kappa shape index (κ3) is 3.01. The number of anilines is 1. The molecule has 1 N–H and O–H groups in total. The zero-order valence-corrected chi connectivity index (χ0v) is 10.8. The largest absolute Gasteiger partial charge is 0.284 e. The van der Waals surface area contributed by atoms with Crippen molar-refractivity contribution in [3.63, 3.8) is 0 Å². The number of nitrogens with zero attached hydrogens (tertiary/aromatic N) is 2. The molecule has 0 unspecified atom stereocenters. The van der Waals surface area contributed by atoms with Crippen molar-refractivity contribution < 1.29 is 8.42 Å². The number of sulfonamides is 1. The van der Waals surface area contributed by atoms with E-state index in [2.05, 4.69) is 14.3 Å². The van der Waals surface area contributed by atoms with E-state index in [1.165, 1.54) is 11.5 Å². The summed E-state index contributed by atoms with van der Waals surface area (Å²) in [6, 6.07) is 7.04. The zero-order chi connectivity index (χ0) is 12.3. The first kappa shape index (κ1) is 12.0. The van der Waals surface area contributed by atoms with E-state index in [1.54, 1.807) is 19.1 Å². The average molecular weight is 269 g/mol. The molecule has 0 atom stereocenters. The van der Waals surface area contributed by atoms with Crippen LogP contribution >= 0.6 is 11.5 Å². The molecule has 0 spiro atoms. The number of hydrogen-bond acceptors (Lipinski definition) is 5. The third-order valence-corrected chi connectivity index (χ3v) is 4.01. The van der Waals surface area contributed by atoms with Gasteiger partial charge in [0, 0.05) is 16.6 Å². The molecule has 0 bridgehead atoms. The molecule has 0 saturated heterocycles. The maximum Gasteiger partial charge on any atom is 0.232 e. The molecule has 1 aromatic heterocycles. The van der Waals surface area contributed by atoms with Crippen LogP contribution in [0.1, 0.15) is 6.92 Å². The molecule has 5 nitrogen and oxygen atoms in total. The van der Waals surface area contributed by atoms with E-state index >= 15 is 0 Å². The second-order valence-electron chi connectivity index (χ2n) is 3.37. The summed E-state index contributed by atoms with van der Waals surface area (Å²) >= 11 is 1.28. The summed E-state index contributed by atoms with van der Waals surface area (Å²) in [5.74, 6) is 0.0603. The van der Waals surface area contributed by atoms with Crippen LogP contribution in [0.15, 0.2) is 29.6 Å². The lowest BCUT2D eigenvalue weighted by molar-refractivity contribution is 0.602. The Morgan fingerprint density at radius 3 is 2.53 bits per heavy atom. The molecule has 0 aliphatic rings. The maximum absolute atomic E-state index is 11.4. The fourth-order valence-electron chi connectivity index (χ4n) is 1.25. The van der Waals surface area contributed by atoms with Gasteiger partial charge in [0.15, 0.2) is 0 Å². The Kier molecular flexibility index (Phi) is 3.39. The summed E-state index contributed by atoms with van der Waals surface area (Å²) < 4.78 is 29.0. The smallest absolute Gasteiger partial charge is 0.232 e. The summed E-state index contributed by atoms with van der Waals surface area (Å²) in [7, 11) is -3.22. The van der Waals surface area contributed by atoms with Crippen LogP contribution in [0.4, 0.5) is 5.69 Å². The number of hydrogen-bond donors (Lipinski definition) is 1. The van der Waals surface area contributed by atoms with Crippen LogP contribution in [0.2, 0.25) is 0 Å². The van der Waals surface area contributed by atoms with Crippen molar-refractivity contribution in [2.24, 2.45) is 0 Å². The van der Waals surface area contributed by atoms with E-state index in [4.69, 9.17) is 0 Å². The van der Waals surface area contributed by atoms with E-state index < -0.39 is 10.0 Å². The van der Waals surface area contributed by atoms with Gasteiger partial charge in [0.2, 0.25) is 10.0 Å². The lowest BCUT2D eigenvalue weighted by Gasteiger charge is -2.05. The summed E-state index contributed by atoms with van der Waals surface area (Å²) in [6.07, 6.45) is 0. The maximum atomic E-state index is 11.4. The Labute approximate surface area is 104 Å². The molecule has 2 rings (SSSR count). The SMILES string of the molecule is CCS(=O)(=O)Nc1ccc(-c2csnn2)cc1. The fraction of sp³-hybridized carbons (Fsp3) is 0.200. The summed E-state index contributed by atoms with van der Waals surface area (Å²) in [6.45, 7) is 1.59. The second-order valence-corrected chi connectivity index (χ2v) is 5.99. The molecule has 0 radical (unpaired) electrons.